The Morgan fingerprint density at radius 2 is 1.89 bits per heavy atom. The van der Waals surface area contributed by atoms with Crippen LogP contribution in [0, 0.1) is 5.92 Å². The maximum atomic E-state index is 12.7. The lowest BCUT2D eigenvalue weighted by Crippen LogP contribution is -2.45. The summed E-state index contributed by atoms with van der Waals surface area (Å²) in [6.45, 7) is 4.02. The second-order valence-electron chi connectivity index (χ2n) is 8.16. The number of ether oxygens (including phenoxy) is 1. The van der Waals surface area contributed by atoms with Crippen molar-refractivity contribution in [3.8, 4) is 0 Å². The third kappa shape index (κ3) is 4.69. The van der Waals surface area contributed by atoms with Crippen LogP contribution in [0.3, 0.4) is 0 Å². The van der Waals surface area contributed by atoms with Gasteiger partial charge in [0, 0.05) is 17.6 Å². The number of esters is 1. The molecule has 1 aromatic rings. The lowest BCUT2D eigenvalue weighted by molar-refractivity contribution is -0.155. The van der Waals surface area contributed by atoms with Gasteiger partial charge in [0.1, 0.15) is 0 Å². The third-order valence-electron chi connectivity index (χ3n) is 5.40. The van der Waals surface area contributed by atoms with E-state index in [4.69, 9.17) is 16.3 Å². The fraction of sp³-hybridized carbons (Fsp3) is 0.600. The quantitative estimate of drug-likeness (QED) is 0.625. The normalized spacial score (nSPS) is 22.1. The van der Waals surface area contributed by atoms with Crippen molar-refractivity contribution in [2.45, 2.75) is 44.6 Å². The Balaban J connectivity index is 1.64. The van der Waals surface area contributed by atoms with Crippen molar-refractivity contribution in [3.63, 3.8) is 0 Å². The summed E-state index contributed by atoms with van der Waals surface area (Å²) in [5.41, 5.74) is 0.153. The Kier molecular flexibility index (Phi) is 6.05. The van der Waals surface area contributed by atoms with Gasteiger partial charge in [0.15, 0.2) is 16.4 Å². The number of hydrogen-bond donors (Lipinski definition) is 0. The van der Waals surface area contributed by atoms with Crippen molar-refractivity contribution in [1.82, 2.24) is 4.90 Å². The summed E-state index contributed by atoms with van der Waals surface area (Å²) in [6.07, 6.45) is 1.79. The van der Waals surface area contributed by atoms with E-state index in [-0.39, 0.29) is 36.0 Å². The summed E-state index contributed by atoms with van der Waals surface area (Å²) in [4.78, 5) is 27.0. The molecule has 1 aliphatic heterocycles. The minimum absolute atomic E-state index is 0.0197. The van der Waals surface area contributed by atoms with E-state index in [1.54, 1.807) is 17.0 Å². The van der Waals surface area contributed by atoms with Gasteiger partial charge in [-0.25, -0.2) is 8.42 Å². The molecule has 0 aromatic heterocycles. The molecule has 154 valence electrons. The summed E-state index contributed by atoms with van der Waals surface area (Å²) < 4.78 is 29.0. The van der Waals surface area contributed by atoms with Crippen LogP contribution in [-0.2, 0) is 29.6 Å². The third-order valence-corrected chi connectivity index (χ3v) is 7.40. The zero-order valence-corrected chi connectivity index (χ0v) is 17.8. The topological polar surface area (TPSA) is 80.8 Å². The summed E-state index contributed by atoms with van der Waals surface area (Å²) >= 11 is 5.91. The molecule has 1 atom stereocenters. The highest BCUT2D eigenvalue weighted by Crippen LogP contribution is 2.49. The van der Waals surface area contributed by atoms with Crippen molar-refractivity contribution >= 4 is 33.3 Å². The van der Waals surface area contributed by atoms with Gasteiger partial charge >= 0.3 is 5.97 Å². The first kappa shape index (κ1) is 21.1. The number of rotatable bonds is 7. The zero-order chi connectivity index (χ0) is 20.5. The number of nitrogens with zero attached hydrogens (tertiary/aromatic N) is 1. The van der Waals surface area contributed by atoms with Gasteiger partial charge in [-0.1, -0.05) is 37.6 Å². The lowest BCUT2D eigenvalue weighted by Gasteiger charge is -2.30. The lowest BCUT2D eigenvalue weighted by atomic mass is 9.96. The van der Waals surface area contributed by atoms with Crippen LogP contribution in [-0.4, -0.2) is 55.9 Å². The fourth-order valence-electron chi connectivity index (χ4n) is 3.72. The molecule has 0 spiro atoms. The zero-order valence-electron chi connectivity index (χ0n) is 16.2. The molecule has 1 unspecified atom stereocenters. The van der Waals surface area contributed by atoms with Crippen LogP contribution in [0.25, 0.3) is 0 Å². The molecule has 1 saturated carbocycles. The first-order valence-electron chi connectivity index (χ1n) is 9.56. The Bertz CT molecular complexity index is 846. The van der Waals surface area contributed by atoms with Gasteiger partial charge in [0.25, 0.3) is 5.91 Å². The molecule has 2 fully saturated rings. The number of carbonyl (C=O) groups excluding carboxylic acids is 2. The predicted molar refractivity (Wildman–Crippen MR) is 107 cm³/mol. The first-order valence-corrected chi connectivity index (χ1v) is 11.8. The van der Waals surface area contributed by atoms with Crippen LogP contribution < -0.4 is 0 Å². The van der Waals surface area contributed by atoms with E-state index in [0.29, 0.717) is 30.8 Å². The van der Waals surface area contributed by atoms with E-state index in [9.17, 15) is 18.0 Å². The van der Waals surface area contributed by atoms with Crippen LogP contribution in [0.2, 0.25) is 5.02 Å². The second-order valence-corrected chi connectivity index (χ2v) is 10.8. The van der Waals surface area contributed by atoms with Crippen molar-refractivity contribution in [2.75, 3.05) is 24.7 Å². The molecule has 2 aliphatic rings. The molecule has 0 radical (unpaired) electrons. The molecule has 1 aliphatic carbocycles. The van der Waals surface area contributed by atoms with Gasteiger partial charge in [0.05, 0.1) is 16.9 Å². The van der Waals surface area contributed by atoms with Crippen LogP contribution in [0.5, 0.6) is 0 Å². The van der Waals surface area contributed by atoms with Crippen molar-refractivity contribution in [3.05, 3.63) is 34.9 Å². The summed E-state index contributed by atoms with van der Waals surface area (Å²) in [5, 5.41) is 0.596. The van der Waals surface area contributed by atoms with Crippen LogP contribution in [0.15, 0.2) is 24.3 Å². The standard InChI is InChI=1S/C20H26ClNO5S/c1-14(2)11-22(17-7-10-28(25,26)13-17)18(23)12-27-19(24)20(8-9-20)15-3-5-16(21)6-4-15/h3-6,14,17H,7-13H2,1-2H3. The average Bonchev–Trinajstić information content (AvgIpc) is 3.36. The predicted octanol–water partition coefficient (Wildman–Crippen LogP) is 2.59. The highest BCUT2D eigenvalue weighted by atomic mass is 35.5. The Hall–Kier alpha value is -1.60. The molecule has 0 N–H and O–H groups in total. The molecule has 1 amide bonds. The van der Waals surface area contributed by atoms with Crippen LogP contribution in [0.4, 0.5) is 0 Å². The van der Waals surface area contributed by atoms with E-state index in [1.165, 1.54) is 0 Å². The average molecular weight is 428 g/mol. The molecule has 1 aromatic carbocycles. The van der Waals surface area contributed by atoms with Gasteiger partial charge < -0.3 is 9.64 Å². The molecule has 1 heterocycles. The molecule has 0 bridgehead atoms. The number of carbonyl (C=O) groups is 2. The highest BCUT2D eigenvalue weighted by molar-refractivity contribution is 7.91. The van der Waals surface area contributed by atoms with Crippen LogP contribution in [0.1, 0.15) is 38.7 Å². The molecular formula is C20H26ClNO5S. The van der Waals surface area contributed by atoms with E-state index >= 15 is 0 Å². The van der Waals surface area contributed by atoms with E-state index < -0.39 is 21.2 Å². The van der Waals surface area contributed by atoms with E-state index in [1.807, 2.05) is 26.0 Å². The van der Waals surface area contributed by atoms with Gasteiger partial charge in [-0.05, 0) is 42.9 Å². The summed E-state index contributed by atoms with van der Waals surface area (Å²) in [7, 11) is -3.11. The Labute approximate surface area is 171 Å². The maximum absolute atomic E-state index is 12.7. The molecule has 1 saturated heterocycles. The number of benzene rings is 1. The van der Waals surface area contributed by atoms with Gasteiger partial charge in [-0.3, -0.25) is 9.59 Å². The second kappa shape index (κ2) is 8.03. The van der Waals surface area contributed by atoms with Gasteiger partial charge in [0.2, 0.25) is 0 Å². The van der Waals surface area contributed by atoms with Crippen LogP contribution >= 0.6 is 11.6 Å². The number of sulfone groups is 1. The molecular weight excluding hydrogens is 402 g/mol. The molecule has 28 heavy (non-hydrogen) atoms. The van der Waals surface area contributed by atoms with Crippen molar-refractivity contribution < 1.29 is 22.7 Å². The van der Waals surface area contributed by atoms with Crippen molar-refractivity contribution in [2.24, 2.45) is 5.92 Å². The van der Waals surface area contributed by atoms with Crippen molar-refractivity contribution in [1.29, 1.82) is 0 Å². The minimum Gasteiger partial charge on any atom is -0.455 e. The van der Waals surface area contributed by atoms with Gasteiger partial charge in [-0.2, -0.15) is 0 Å². The highest BCUT2D eigenvalue weighted by Gasteiger charge is 2.53. The first-order chi connectivity index (χ1) is 13.1. The van der Waals surface area contributed by atoms with Gasteiger partial charge in [-0.15, -0.1) is 0 Å². The number of hydrogen-bond acceptors (Lipinski definition) is 5. The fourth-order valence-corrected chi connectivity index (χ4v) is 5.58. The summed E-state index contributed by atoms with van der Waals surface area (Å²) in [6, 6.07) is 6.75. The SMILES string of the molecule is CC(C)CN(C(=O)COC(=O)C1(c2ccc(Cl)cc2)CC1)C1CCS(=O)(=O)C1. The smallest absolute Gasteiger partial charge is 0.317 e. The monoisotopic (exact) mass is 427 g/mol. The Morgan fingerprint density at radius 3 is 2.39 bits per heavy atom. The number of halogens is 1. The van der Waals surface area contributed by atoms with E-state index in [0.717, 1.165) is 5.56 Å². The van der Waals surface area contributed by atoms with E-state index in [2.05, 4.69) is 0 Å². The molecule has 3 rings (SSSR count). The largest absolute Gasteiger partial charge is 0.455 e. The molecule has 6 nitrogen and oxygen atoms in total. The minimum atomic E-state index is -3.11. The molecule has 8 heteroatoms. The maximum Gasteiger partial charge on any atom is 0.317 e. The number of amides is 1. The summed E-state index contributed by atoms with van der Waals surface area (Å²) in [5.74, 6) is -0.484. The Morgan fingerprint density at radius 1 is 1.25 bits per heavy atom.